The second-order valence-electron chi connectivity index (χ2n) is 9.38. The number of rotatable bonds is 9. The maximum absolute atomic E-state index is 4.86. The number of nitrogens with zero attached hydrogens (tertiary/aromatic N) is 6. The van der Waals surface area contributed by atoms with Gasteiger partial charge in [0.25, 0.3) is 0 Å². The molecule has 0 atom stereocenters. The Morgan fingerprint density at radius 1 is 0.833 bits per heavy atom. The Bertz CT molecular complexity index is 1450. The van der Waals surface area contributed by atoms with E-state index in [9.17, 15) is 0 Å². The van der Waals surface area contributed by atoms with E-state index in [1.165, 1.54) is 0 Å². The van der Waals surface area contributed by atoms with Crippen molar-refractivity contribution in [2.24, 2.45) is 0 Å². The van der Waals surface area contributed by atoms with E-state index in [2.05, 4.69) is 59.3 Å². The minimum atomic E-state index is 0.462. The summed E-state index contributed by atoms with van der Waals surface area (Å²) in [5.74, 6) is 1.89. The number of pyridine rings is 1. The van der Waals surface area contributed by atoms with E-state index >= 15 is 0 Å². The molecule has 36 heavy (non-hydrogen) atoms. The minimum absolute atomic E-state index is 0.462. The SMILES string of the molecule is CC(C)N(CCNc1nc(Nc2nccc3ccccc23)nc2c1ncn2-c1ccccc1)C(C)C. The predicted octanol–water partition coefficient (Wildman–Crippen LogP) is 5.64. The van der Waals surface area contributed by atoms with E-state index in [-0.39, 0.29) is 0 Å². The average molecular weight is 481 g/mol. The monoisotopic (exact) mass is 480 g/mol. The Morgan fingerprint density at radius 3 is 2.36 bits per heavy atom. The first kappa shape index (κ1) is 23.7. The van der Waals surface area contributed by atoms with Crippen LogP contribution in [0.3, 0.4) is 0 Å². The number of anilines is 3. The van der Waals surface area contributed by atoms with Gasteiger partial charge in [0.05, 0.1) is 0 Å². The zero-order chi connectivity index (χ0) is 25.1. The van der Waals surface area contributed by atoms with Crippen molar-refractivity contribution in [2.75, 3.05) is 23.7 Å². The summed E-state index contributed by atoms with van der Waals surface area (Å²) in [6.07, 6.45) is 3.59. The lowest BCUT2D eigenvalue weighted by atomic mass is 10.1. The lowest BCUT2D eigenvalue weighted by Gasteiger charge is -2.30. The molecule has 184 valence electrons. The van der Waals surface area contributed by atoms with Crippen LogP contribution in [0.2, 0.25) is 0 Å². The largest absolute Gasteiger partial charge is 0.367 e. The molecule has 8 nitrogen and oxygen atoms in total. The molecule has 0 amide bonds. The fourth-order valence-corrected chi connectivity index (χ4v) is 4.60. The molecule has 0 aliphatic rings. The zero-order valence-corrected chi connectivity index (χ0v) is 21.2. The predicted molar refractivity (Wildman–Crippen MR) is 147 cm³/mol. The van der Waals surface area contributed by atoms with Crippen molar-refractivity contribution >= 4 is 39.5 Å². The van der Waals surface area contributed by atoms with Crippen molar-refractivity contribution in [1.82, 2.24) is 29.4 Å². The number of para-hydroxylation sites is 1. The van der Waals surface area contributed by atoms with Gasteiger partial charge in [-0.15, -0.1) is 0 Å². The van der Waals surface area contributed by atoms with Crippen molar-refractivity contribution < 1.29 is 0 Å². The Morgan fingerprint density at radius 2 is 1.58 bits per heavy atom. The van der Waals surface area contributed by atoms with Gasteiger partial charge in [-0.25, -0.2) is 9.97 Å². The van der Waals surface area contributed by atoms with Crippen molar-refractivity contribution in [1.29, 1.82) is 0 Å². The first-order valence-corrected chi connectivity index (χ1v) is 12.4. The van der Waals surface area contributed by atoms with Crippen LogP contribution in [-0.4, -0.2) is 54.6 Å². The van der Waals surface area contributed by atoms with Crippen LogP contribution >= 0.6 is 0 Å². The fraction of sp³-hybridized carbons (Fsp3) is 0.286. The molecule has 0 radical (unpaired) electrons. The molecule has 2 N–H and O–H groups in total. The van der Waals surface area contributed by atoms with Crippen LogP contribution in [0.5, 0.6) is 0 Å². The van der Waals surface area contributed by atoms with E-state index in [1.54, 1.807) is 12.5 Å². The Kier molecular flexibility index (Phi) is 6.77. The van der Waals surface area contributed by atoms with E-state index in [0.717, 1.165) is 46.5 Å². The lowest BCUT2D eigenvalue weighted by molar-refractivity contribution is 0.182. The van der Waals surface area contributed by atoms with Gasteiger partial charge >= 0.3 is 0 Å². The number of hydrogen-bond donors (Lipinski definition) is 2. The molecule has 0 saturated heterocycles. The fourth-order valence-electron chi connectivity index (χ4n) is 4.60. The van der Waals surface area contributed by atoms with Gasteiger partial charge in [0.2, 0.25) is 5.95 Å². The first-order chi connectivity index (χ1) is 17.5. The number of hydrogen-bond acceptors (Lipinski definition) is 7. The summed E-state index contributed by atoms with van der Waals surface area (Å²) in [5.41, 5.74) is 2.45. The third-order valence-corrected chi connectivity index (χ3v) is 6.32. The summed E-state index contributed by atoms with van der Waals surface area (Å²) in [4.78, 5) is 21.4. The molecule has 0 bridgehead atoms. The summed E-state index contributed by atoms with van der Waals surface area (Å²) in [6, 6.07) is 21.2. The van der Waals surface area contributed by atoms with Crippen LogP contribution in [0.4, 0.5) is 17.6 Å². The minimum Gasteiger partial charge on any atom is -0.367 e. The van der Waals surface area contributed by atoms with Gasteiger partial charge in [-0.3, -0.25) is 9.47 Å². The number of benzene rings is 2. The number of aromatic nitrogens is 5. The standard InChI is InChI=1S/C28H32N8/c1-19(2)35(20(3)4)17-16-30-26-24-27(36(18-31-24)22-11-6-5-7-12-22)34-28(33-26)32-25-23-13-9-8-10-21(23)14-15-29-25/h5-15,18-20H,16-17H2,1-4H3,(H2,29,30,32,33,34). The highest BCUT2D eigenvalue weighted by atomic mass is 15.2. The zero-order valence-electron chi connectivity index (χ0n) is 21.2. The van der Waals surface area contributed by atoms with Crippen LogP contribution in [0.25, 0.3) is 27.6 Å². The van der Waals surface area contributed by atoms with E-state index < -0.39 is 0 Å². The number of nitrogens with one attached hydrogen (secondary N) is 2. The molecule has 0 aliphatic heterocycles. The number of fused-ring (bicyclic) bond motifs is 2. The molecule has 0 fully saturated rings. The molecular weight excluding hydrogens is 448 g/mol. The van der Waals surface area contributed by atoms with Gasteiger partial charge in [-0.1, -0.05) is 42.5 Å². The first-order valence-electron chi connectivity index (χ1n) is 12.4. The van der Waals surface area contributed by atoms with E-state index in [4.69, 9.17) is 9.97 Å². The molecule has 3 heterocycles. The summed E-state index contributed by atoms with van der Waals surface area (Å²) >= 11 is 0. The van der Waals surface area contributed by atoms with Crippen molar-refractivity contribution in [3.8, 4) is 5.69 Å². The number of imidazole rings is 1. The Labute approximate surface area is 211 Å². The highest BCUT2D eigenvalue weighted by Crippen LogP contribution is 2.27. The lowest BCUT2D eigenvalue weighted by Crippen LogP contribution is -2.40. The summed E-state index contributed by atoms with van der Waals surface area (Å²) < 4.78 is 1.98. The maximum atomic E-state index is 4.86. The molecule has 8 heteroatoms. The molecule has 3 aromatic heterocycles. The smallest absolute Gasteiger partial charge is 0.232 e. The third kappa shape index (κ3) is 4.85. The Balaban J connectivity index is 1.53. The van der Waals surface area contributed by atoms with Crippen LogP contribution in [0, 0.1) is 0 Å². The van der Waals surface area contributed by atoms with Crippen LogP contribution in [0.1, 0.15) is 27.7 Å². The van der Waals surface area contributed by atoms with Crippen molar-refractivity contribution in [3.05, 3.63) is 73.2 Å². The third-order valence-electron chi connectivity index (χ3n) is 6.32. The van der Waals surface area contributed by atoms with Gasteiger partial charge in [0.1, 0.15) is 12.1 Å². The van der Waals surface area contributed by atoms with Gasteiger partial charge in [-0.05, 0) is 51.3 Å². The summed E-state index contributed by atoms with van der Waals surface area (Å²) in [5, 5.41) is 9.00. The molecule has 0 spiro atoms. The molecular formula is C28H32N8. The molecule has 5 aromatic rings. The quantitative estimate of drug-likeness (QED) is 0.282. The highest BCUT2D eigenvalue weighted by molar-refractivity contribution is 5.93. The molecule has 0 unspecified atom stereocenters. The van der Waals surface area contributed by atoms with Crippen molar-refractivity contribution in [2.45, 2.75) is 39.8 Å². The molecule has 0 aliphatic carbocycles. The highest BCUT2D eigenvalue weighted by Gasteiger charge is 2.17. The topological polar surface area (TPSA) is 83.8 Å². The molecule has 5 rings (SSSR count). The van der Waals surface area contributed by atoms with Gasteiger partial charge in [0, 0.05) is 42.4 Å². The Hall–Kier alpha value is -4.04. The van der Waals surface area contributed by atoms with Gasteiger partial charge < -0.3 is 10.6 Å². The molecule has 2 aromatic carbocycles. The summed E-state index contributed by atoms with van der Waals surface area (Å²) in [7, 11) is 0. The van der Waals surface area contributed by atoms with Crippen LogP contribution in [-0.2, 0) is 0 Å². The summed E-state index contributed by atoms with van der Waals surface area (Å²) in [6.45, 7) is 10.5. The second-order valence-corrected chi connectivity index (χ2v) is 9.38. The van der Waals surface area contributed by atoms with Gasteiger partial charge in [0.15, 0.2) is 17.0 Å². The van der Waals surface area contributed by atoms with Gasteiger partial charge in [-0.2, -0.15) is 9.97 Å². The van der Waals surface area contributed by atoms with Crippen LogP contribution in [0.15, 0.2) is 73.2 Å². The van der Waals surface area contributed by atoms with Crippen LogP contribution < -0.4 is 10.6 Å². The second kappa shape index (κ2) is 10.3. The maximum Gasteiger partial charge on any atom is 0.232 e. The van der Waals surface area contributed by atoms with E-state index in [1.807, 2.05) is 59.2 Å². The van der Waals surface area contributed by atoms with E-state index in [0.29, 0.717) is 23.8 Å². The average Bonchev–Trinajstić information content (AvgIpc) is 3.31. The molecule has 0 saturated carbocycles. The normalized spacial score (nSPS) is 11.8. The van der Waals surface area contributed by atoms with Crippen molar-refractivity contribution in [3.63, 3.8) is 0 Å².